The molecule has 0 atom stereocenters. The second kappa shape index (κ2) is 10.1. The summed E-state index contributed by atoms with van der Waals surface area (Å²) in [7, 11) is 0. The van der Waals surface area contributed by atoms with E-state index in [-0.39, 0.29) is 39.3 Å². The van der Waals surface area contributed by atoms with Crippen LogP contribution in [0.1, 0.15) is 87.4 Å². The number of carbonyl (C=O) groups is 2. The Kier molecular flexibility index (Phi) is 7.45. The Morgan fingerprint density at radius 1 is 0.865 bits per heavy atom. The molecular formula is C29H28Br2O6. The SMILES string of the molecule is CCc1cc(C2(c3cc(CC)c(Br)c(CC)c3O)OC(=O)c3cccc(C(=O)O)c32)c(O)c(CC)c1Br. The maximum atomic E-state index is 13.4. The topological polar surface area (TPSA) is 104 Å². The number of phenols is 2. The van der Waals surface area contributed by atoms with Crippen LogP contribution in [0.3, 0.4) is 0 Å². The van der Waals surface area contributed by atoms with Crippen molar-refractivity contribution in [2.45, 2.75) is 59.0 Å². The zero-order valence-electron chi connectivity index (χ0n) is 21.0. The molecule has 0 saturated carbocycles. The number of ether oxygens (including phenoxy) is 1. The van der Waals surface area contributed by atoms with Crippen LogP contribution in [0.2, 0.25) is 0 Å². The lowest BCUT2D eigenvalue weighted by Crippen LogP contribution is -2.32. The number of hydrogen-bond acceptors (Lipinski definition) is 5. The standard InChI is InChI=1S/C29H28Br2O6/c1-5-14-12-20(25(32)16(7-3)23(14)30)29(21-13-15(6-2)24(31)17(8-4)26(21)33)22-18(27(34)35)10-9-11-19(22)28(36)37-29/h9-13,32-33H,5-8H2,1-4H3,(H,34,35). The van der Waals surface area contributed by atoms with Crippen molar-refractivity contribution < 1.29 is 29.6 Å². The number of benzene rings is 3. The fourth-order valence-electron chi connectivity index (χ4n) is 5.28. The molecule has 37 heavy (non-hydrogen) atoms. The van der Waals surface area contributed by atoms with E-state index < -0.39 is 17.5 Å². The Morgan fingerprint density at radius 2 is 1.35 bits per heavy atom. The number of cyclic esters (lactones) is 1. The summed E-state index contributed by atoms with van der Waals surface area (Å²) in [6, 6.07) is 7.89. The van der Waals surface area contributed by atoms with Crippen molar-refractivity contribution in [1.29, 1.82) is 0 Å². The van der Waals surface area contributed by atoms with E-state index in [0.29, 0.717) is 36.8 Å². The summed E-state index contributed by atoms with van der Waals surface area (Å²) in [5, 5.41) is 33.5. The third-order valence-electron chi connectivity index (χ3n) is 7.15. The van der Waals surface area contributed by atoms with Crippen LogP contribution in [0.15, 0.2) is 39.3 Å². The molecule has 0 spiro atoms. The Labute approximate surface area is 232 Å². The van der Waals surface area contributed by atoms with Crippen LogP contribution in [-0.2, 0) is 36.0 Å². The Bertz CT molecular complexity index is 1380. The first kappa shape index (κ1) is 27.2. The van der Waals surface area contributed by atoms with Gasteiger partial charge < -0.3 is 20.1 Å². The number of rotatable bonds is 7. The quantitative estimate of drug-likeness (QED) is 0.242. The number of esters is 1. The van der Waals surface area contributed by atoms with E-state index in [9.17, 15) is 24.9 Å². The van der Waals surface area contributed by atoms with Crippen LogP contribution < -0.4 is 0 Å². The molecule has 3 aromatic rings. The molecule has 0 saturated heterocycles. The lowest BCUT2D eigenvalue weighted by molar-refractivity contribution is 0.0232. The van der Waals surface area contributed by atoms with Crippen LogP contribution in [-0.4, -0.2) is 27.3 Å². The van der Waals surface area contributed by atoms with Gasteiger partial charge in [0.2, 0.25) is 0 Å². The molecule has 0 aliphatic carbocycles. The van der Waals surface area contributed by atoms with Gasteiger partial charge in [0.05, 0.1) is 11.1 Å². The van der Waals surface area contributed by atoms with E-state index in [0.717, 1.165) is 20.1 Å². The van der Waals surface area contributed by atoms with Gasteiger partial charge in [0.1, 0.15) is 11.5 Å². The second-order valence-electron chi connectivity index (χ2n) is 8.97. The summed E-state index contributed by atoms with van der Waals surface area (Å²) in [6.45, 7) is 7.72. The van der Waals surface area contributed by atoms with E-state index in [1.165, 1.54) is 18.2 Å². The zero-order valence-corrected chi connectivity index (χ0v) is 24.2. The van der Waals surface area contributed by atoms with E-state index in [4.69, 9.17) is 4.74 Å². The van der Waals surface area contributed by atoms with Gasteiger partial charge in [0.15, 0.2) is 5.60 Å². The molecule has 8 heteroatoms. The minimum Gasteiger partial charge on any atom is -0.507 e. The van der Waals surface area contributed by atoms with E-state index in [2.05, 4.69) is 31.9 Å². The van der Waals surface area contributed by atoms with Crippen molar-refractivity contribution in [3.05, 3.63) is 89.3 Å². The van der Waals surface area contributed by atoms with Crippen LogP contribution in [0.4, 0.5) is 0 Å². The van der Waals surface area contributed by atoms with Crippen molar-refractivity contribution in [3.8, 4) is 11.5 Å². The molecule has 1 heterocycles. The number of fused-ring (bicyclic) bond motifs is 1. The average molecular weight is 632 g/mol. The molecule has 194 valence electrons. The molecule has 1 aliphatic heterocycles. The van der Waals surface area contributed by atoms with Gasteiger partial charge in [-0.15, -0.1) is 0 Å². The van der Waals surface area contributed by atoms with E-state index in [1.807, 2.05) is 27.7 Å². The molecule has 0 amide bonds. The smallest absolute Gasteiger partial charge is 0.340 e. The number of halogens is 2. The Balaban J connectivity index is 2.31. The van der Waals surface area contributed by atoms with Gasteiger partial charge in [-0.1, -0.05) is 65.6 Å². The molecule has 4 rings (SSSR count). The molecule has 0 bridgehead atoms. The minimum absolute atomic E-state index is 0.0803. The third kappa shape index (κ3) is 3.96. The number of hydrogen-bond donors (Lipinski definition) is 3. The fourth-order valence-corrected chi connectivity index (χ4v) is 7.00. The highest BCUT2D eigenvalue weighted by molar-refractivity contribution is 9.10. The Hall–Kier alpha value is -2.84. The van der Waals surface area contributed by atoms with Gasteiger partial charge in [0, 0.05) is 36.8 Å². The van der Waals surface area contributed by atoms with Crippen molar-refractivity contribution >= 4 is 43.8 Å². The molecule has 1 aliphatic rings. The average Bonchev–Trinajstić information content (AvgIpc) is 3.18. The number of carboxylic acid groups (broad SMARTS) is 1. The second-order valence-corrected chi connectivity index (χ2v) is 10.6. The molecule has 6 nitrogen and oxygen atoms in total. The predicted octanol–water partition coefficient (Wildman–Crippen LogP) is 7.03. The highest BCUT2D eigenvalue weighted by Crippen LogP contribution is 2.56. The first-order valence-corrected chi connectivity index (χ1v) is 13.8. The molecule has 0 unspecified atom stereocenters. The van der Waals surface area contributed by atoms with E-state index in [1.54, 1.807) is 12.1 Å². The monoisotopic (exact) mass is 630 g/mol. The van der Waals surface area contributed by atoms with Gasteiger partial charge in [-0.3, -0.25) is 0 Å². The summed E-state index contributed by atoms with van der Waals surface area (Å²) in [5.74, 6) is -2.21. The molecule has 3 N–H and O–H groups in total. The third-order valence-corrected chi connectivity index (χ3v) is 9.13. The van der Waals surface area contributed by atoms with Gasteiger partial charge in [-0.25, -0.2) is 9.59 Å². The van der Waals surface area contributed by atoms with Crippen molar-refractivity contribution in [2.75, 3.05) is 0 Å². The molecule has 0 radical (unpaired) electrons. The van der Waals surface area contributed by atoms with Crippen LogP contribution >= 0.6 is 31.9 Å². The van der Waals surface area contributed by atoms with Crippen LogP contribution in [0.25, 0.3) is 0 Å². The normalized spacial score (nSPS) is 13.9. The van der Waals surface area contributed by atoms with Gasteiger partial charge in [-0.05, 0) is 61.1 Å². The summed E-state index contributed by atoms with van der Waals surface area (Å²) in [4.78, 5) is 25.9. The number of carboxylic acids is 1. The van der Waals surface area contributed by atoms with Gasteiger partial charge in [-0.2, -0.15) is 0 Å². The highest BCUT2D eigenvalue weighted by Gasteiger charge is 2.54. The molecule has 0 fully saturated rings. The molecular weight excluding hydrogens is 604 g/mol. The van der Waals surface area contributed by atoms with Crippen LogP contribution in [0, 0.1) is 0 Å². The maximum absolute atomic E-state index is 13.4. The maximum Gasteiger partial charge on any atom is 0.340 e. The van der Waals surface area contributed by atoms with Gasteiger partial charge in [0.25, 0.3) is 0 Å². The lowest BCUT2D eigenvalue weighted by Gasteiger charge is -2.34. The first-order chi connectivity index (χ1) is 17.6. The van der Waals surface area contributed by atoms with Gasteiger partial charge >= 0.3 is 11.9 Å². The lowest BCUT2D eigenvalue weighted by atomic mass is 9.74. The summed E-state index contributed by atoms with van der Waals surface area (Å²) < 4.78 is 7.66. The number of aromatic carboxylic acids is 1. The van der Waals surface area contributed by atoms with Crippen LogP contribution in [0.5, 0.6) is 11.5 Å². The summed E-state index contributed by atoms with van der Waals surface area (Å²) in [5.41, 5.74) is 1.49. The predicted molar refractivity (Wildman–Crippen MR) is 148 cm³/mol. The number of aryl methyl sites for hydroxylation is 2. The number of aromatic hydroxyl groups is 2. The highest BCUT2D eigenvalue weighted by atomic mass is 79.9. The fraction of sp³-hybridized carbons (Fsp3) is 0.310. The minimum atomic E-state index is -1.89. The van der Waals surface area contributed by atoms with Crippen molar-refractivity contribution in [2.24, 2.45) is 0 Å². The summed E-state index contributed by atoms with van der Waals surface area (Å²) in [6.07, 6.45) is 2.14. The van der Waals surface area contributed by atoms with Crippen molar-refractivity contribution in [1.82, 2.24) is 0 Å². The molecule has 3 aromatic carbocycles. The number of phenolic OH excluding ortho intramolecular Hbond substituents is 2. The molecule has 0 aromatic heterocycles. The first-order valence-electron chi connectivity index (χ1n) is 12.3. The Morgan fingerprint density at radius 3 is 1.76 bits per heavy atom. The largest absolute Gasteiger partial charge is 0.507 e. The van der Waals surface area contributed by atoms with Crippen molar-refractivity contribution in [3.63, 3.8) is 0 Å². The summed E-state index contributed by atoms with van der Waals surface area (Å²) >= 11 is 7.21. The number of carbonyl (C=O) groups excluding carboxylic acids is 1. The zero-order chi connectivity index (χ0) is 27.2. The van der Waals surface area contributed by atoms with E-state index >= 15 is 0 Å².